The van der Waals surface area contributed by atoms with Crippen LogP contribution in [0.5, 0.6) is 11.5 Å². The predicted molar refractivity (Wildman–Crippen MR) is 127 cm³/mol. The summed E-state index contributed by atoms with van der Waals surface area (Å²) >= 11 is 0. The van der Waals surface area contributed by atoms with E-state index in [2.05, 4.69) is 20.6 Å². The first-order valence-electron chi connectivity index (χ1n) is 11.5. The number of pyridine rings is 1. The lowest BCUT2D eigenvalue weighted by atomic mass is 10.0. The van der Waals surface area contributed by atoms with Crippen LogP contribution < -0.4 is 20.1 Å². The summed E-state index contributed by atoms with van der Waals surface area (Å²) in [5.41, 5.74) is 3.56. The molecular formula is C25H27FN4O5. The summed E-state index contributed by atoms with van der Waals surface area (Å²) in [6, 6.07) is 6.41. The third kappa shape index (κ3) is 4.80. The number of nitrogens with one attached hydrogen (secondary N) is 3. The number of ether oxygens (including phenoxy) is 4. The van der Waals surface area contributed by atoms with Gasteiger partial charge < -0.3 is 34.6 Å². The van der Waals surface area contributed by atoms with Gasteiger partial charge in [0.05, 0.1) is 68.5 Å². The highest BCUT2D eigenvalue weighted by atomic mass is 19.1. The molecule has 184 valence electrons. The molecule has 0 unspecified atom stereocenters. The molecule has 1 aromatic carbocycles. The number of hydrogen-bond donors (Lipinski definition) is 3. The third-order valence-corrected chi connectivity index (χ3v) is 6.03. The van der Waals surface area contributed by atoms with E-state index < -0.39 is 5.82 Å². The van der Waals surface area contributed by atoms with Gasteiger partial charge in [0.2, 0.25) is 0 Å². The highest BCUT2D eigenvalue weighted by Gasteiger charge is 2.29. The fraction of sp³-hybridized carbons (Fsp3) is 0.360. The number of methoxy groups -OCH3 is 1. The summed E-state index contributed by atoms with van der Waals surface area (Å²) in [4.78, 5) is 20.5. The van der Waals surface area contributed by atoms with Gasteiger partial charge in [-0.1, -0.05) is 6.07 Å². The molecule has 1 amide bonds. The molecule has 2 aromatic heterocycles. The first kappa shape index (κ1) is 23.1. The molecule has 0 radical (unpaired) electrons. The molecule has 0 aliphatic carbocycles. The average molecular weight is 483 g/mol. The lowest BCUT2D eigenvalue weighted by molar-refractivity contribution is -0.0935. The van der Waals surface area contributed by atoms with Crippen LogP contribution in [-0.2, 0) is 15.9 Å². The van der Waals surface area contributed by atoms with Gasteiger partial charge in [-0.2, -0.15) is 0 Å². The Hall–Kier alpha value is -3.63. The minimum absolute atomic E-state index is 0.0111. The molecule has 4 heterocycles. The molecule has 2 aliphatic heterocycles. The molecule has 0 spiro atoms. The van der Waals surface area contributed by atoms with Crippen LogP contribution in [0, 0.1) is 5.82 Å². The van der Waals surface area contributed by atoms with Crippen molar-refractivity contribution in [3.05, 3.63) is 53.7 Å². The van der Waals surface area contributed by atoms with Crippen molar-refractivity contribution in [3.63, 3.8) is 0 Å². The van der Waals surface area contributed by atoms with Crippen molar-refractivity contribution in [1.29, 1.82) is 0 Å². The second-order valence-electron chi connectivity index (χ2n) is 8.26. The van der Waals surface area contributed by atoms with Crippen LogP contribution in [0.4, 0.5) is 15.8 Å². The van der Waals surface area contributed by atoms with Crippen LogP contribution in [0.25, 0.3) is 11.3 Å². The van der Waals surface area contributed by atoms with Gasteiger partial charge in [0.15, 0.2) is 11.6 Å². The van der Waals surface area contributed by atoms with Gasteiger partial charge >= 0.3 is 0 Å². The van der Waals surface area contributed by atoms with Crippen molar-refractivity contribution in [2.24, 2.45) is 0 Å². The topological polar surface area (TPSA) is 107 Å². The molecule has 1 fully saturated rings. The SMILES string of the molecule is COc1c(F)cccc1Nc1c(-c2ccncc2OCC[C@@H]2COCCO2)[nH]c2c1C(=O)NCC2. The minimum atomic E-state index is -0.505. The number of nitrogens with zero attached hydrogens (tertiary/aromatic N) is 1. The van der Waals surface area contributed by atoms with Gasteiger partial charge in [-0.3, -0.25) is 9.78 Å². The fourth-order valence-electron chi connectivity index (χ4n) is 4.36. The van der Waals surface area contributed by atoms with Crippen LogP contribution in [0.3, 0.4) is 0 Å². The summed E-state index contributed by atoms with van der Waals surface area (Å²) in [7, 11) is 1.40. The van der Waals surface area contributed by atoms with E-state index >= 15 is 0 Å². The van der Waals surface area contributed by atoms with E-state index in [1.54, 1.807) is 24.5 Å². The van der Waals surface area contributed by atoms with Crippen LogP contribution >= 0.6 is 0 Å². The Labute approximate surface area is 201 Å². The highest BCUT2D eigenvalue weighted by Crippen LogP contribution is 2.42. The molecule has 1 saturated heterocycles. The van der Waals surface area contributed by atoms with Gasteiger partial charge in [0.25, 0.3) is 5.91 Å². The summed E-state index contributed by atoms with van der Waals surface area (Å²) in [5.74, 6) is -0.102. The van der Waals surface area contributed by atoms with Gasteiger partial charge in [-0.05, 0) is 18.2 Å². The third-order valence-electron chi connectivity index (χ3n) is 6.03. The number of carbonyl (C=O) groups excluding carboxylic acids is 1. The Kier molecular flexibility index (Phi) is 6.82. The molecular weight excluding hydrogens is 455 g/mol. The summed E-state index contributed by atoms with van der Waals surface area (Å²) in [6.07, 6.45) is 4.59. The van der Waals surface area contributed by atoms with Gasteiger partial charge in [0.1, 0.15) is 5.75 Å². The van der Waals surface area contributed by atoms with Crippen molar-refractivity contribution < 1.29 is 28.1 Å². The number of carbonyl (C=O) groups is 1. The molecule has 9 nitrogen and oxygen atoms in total. The maximum atomic E-state index is 14.4. The summed E-state index contributed by atoms with van der Waals surface area (Å²) in [5, 5.41) is 6.12. The molecule has 3 N–H and O–H groups in total. The quantitative estimate of drug-likeness (QED) is 0.452. The van der Waals surface area contributed by atoms with E-state index in [0.29, 0.717) is 74.2 Å². The lowest BCUT2D eigenvalue weighted by Gasteiger charge is -2.23. The number of halogens is 1. The second kappa shape index (κ2) is 10.3. The zero-order valence-corrected chi connectivity index (χ0v) is 19.4. The number of amides is 1. The number of para-hydroxylation sites is 1. The van der Waals surface area contributed by atoms with Crippen molar-refractivity contribution >= 4 is 17.3 Å². The van der Waals surface area contributed by atoms with E-state index in [-0.39, 0.29) is 17.8 Å². The smallest absolute Gasteiger partial charge is 0.255 e. The van der Waals surface area contributed by atoms with Crippen molar-refractivity contribution in [1.82, 2.24) is 15.3 Å². The van der Waals surface area contributed by atoms with Crippen LogP contribution in [-0.4, -0.2) is 62.1 Å². The number of H-pyrrole nitrogens is 1. The summed E-state index contributed by atoms with van der Waals surface area (Å²) in [6.45, 7) is 2.68. The van der Waals surface area contributed by atoms with E-state index in [1.165, 1.54) is 13.2 Å². The zero-order chi connectivity index (χ0) is 24.2. The van der Waals surface area contributed by atoms with Crippen LogP contribution in [0.15, 0.2) is 36.7 Å². The maximum absolute atomic E-state index is 14.4. The van der Waals surface area contributed by atoms with Gasteiger partial charge in [-0.25, -0.2) is 4.39 Å². The Bertz CT molecular complexity index is 1210. The Morgan fingerprint density at radius 3 is 3.03 bits per heavy atom. The molecule has 10 heteroatoms. The first-order chi connectivity index (χ1) is 17.2. The normalized spacial score (nSPS) is 17.4. The molecule has 5 rings (SSSR count). The molecule has 35 heavy (non-hydrogen) atoms. The van der Waals surface area contributed by atoms with Crippen LogP contribution in [0.1, 0.15) is 22.5 Å². The zero-order valence-electron chi connectivity index (χ0n) is 19.4. The molecule has 0 saturated carbocycles. The van der Waals surface area contributed by atoms with E-state index in [0.717, 1.165) is 11.3 Å². The van der Waals surface area contributed by atoms with E-state index in [9.17, 15) is 9.18 Å². The second-order valence-corrected chi connectivity index (χ2v) is 8.26. The van der Waals surface area contributed by atoms with Gasteiger partial charge in [0, 0.05) is 36.8 Å². The number of fused-ring (bicyclic) bond motifs is 1. The van der Waals surface area contributed by atoms with Crippen molar-refractivity contribution in [2.75, 3.05) is 45.4 Å². The Balaban J connectivity index is 1.50. The first-order valence-corrected chi connectivity index (χ1v) is 11.5. The van der Waals surface area contributed by atoms with E-state index in [1.807, 2.05) is 6.07 Å². The number of rotatable bonds is 8. The van der Waals surface area contributed by atoms with Crippen LogP contribution in [0.2, 0.25) is 0 Å². The number of hydrogen-bond acceptors (Lipinski definition) is 7. The summed E-state index contributed by atoms with van der Waals surface area (Å²) < 4.78 is 36.9. The predicted octanol–water partition coefficient (Wildman–Crippen LogP) is 3.44. The van der Waals surface area contributed by atoms with Crippen molar-refractivity contribution in [2.45, 2.75) is 18.9 Å². The maximum Gasteiger partial charge on any atom is 0.255 e. The molecule has 3 aromatic rings. The van der Waals surface area contributed by atoms with Gasteiger partial charge in [-0.15, -0.1) is 0 Å². The highest BCUT2D eigenvalue weighted by molar-refractivity contribution is 6.06. The number of anilines is 2. The Morgan fingerprint density at radius 1 is 1.29 bits per heavy atom. The number of aromatic amines is 1. The average Bonchev–Trinajstić information content (AvgIpc) is 3.24. The molecule has 0 bridgehead atoms. The molecule has 2 aliphatic rings. The minimum Gasteiger partial charge on any atom is -0.492 e. The number of benzene rings is 1. The van der Waals surface area contributed by atoms with E-state index in [4.69, 9.17) is 18.9 Å². The molecule has 1 atom stereocenters. The van der Waals surface area contributed by atoms with Crippen molar-refractivity contribution in [3.8, 4) is 22.8 Å². The largest absolute Gasteiger partial charge is 0.492 e. The standard InChI is InChI=1S/C25H27FN4O5/c1-32-24-17(26)3-2-4-19(24)30-23-21-18(6-9-28-25(21)31)29-22(23)16-5-8-27-13-20(16)35-10-7-15-14-33-11-12-34-15/h2-5,8,13,15,29-30H,6-7,9-12,14H2,1H3,(H,28,31)/t15-/m1/s1. The Morgan fingerprint density at radius 2 is 2.20 bits per heavy atom. The monoisotopic (exact) mass is 482 g/mol. The number of aromatic nitrogens is 2. The fourth-order valence-corrected chi connectivity index (χ4v) is 4.36. The lowest BCUT2D eigenvalue weighted by Crippen LogP contribution is -2.31.